The van der Waals surface area contributed by atoms with Gasteiger partial charge in [-0.2, -0.15) is 0 Å². The van der Waals surface area contributed by atoms with Crippen LogP contribution in [0.3, 0.4) is 0 Å². The van der Waals surface area contributed by atoms with Crippen molar-refractivity contribution in [1.29, 1.82) is 0 Å². The topological polar surface area (TPSA) is 68.3 Å². The molecule has 0 fully saturated rings. The van der Waals surface area contributed by atoms with Gasteiger partial charge < -0.3 is 10.1 Å². The number of benzene rings is 1. The molecule has 1 N–H and O–H groups in total. The molecule has 1 aromatic heterocycles. The zero-order chi connectivity index (χ0) is 14.4. The van der Waals surface area contributed by atoms with Crippen LogP contribution in [0.2, 0.25) is 0 Å². The molecule has 2 rings (SSSR count). The minimum atomic E-state index is -0.898. The van der Waals surface area contributed by atoms with Gasteiger partial charge in [-0.1, -0.05) is 24.3 Å². The van der Waals surface area contributed by atoms with Gasteiger partial charge in [0.05, 0.1) is 0 Å². The Morgan fingerprint density at radius 1 is 1.10 bits per heavy atom. The van der Waals surface area contributed by atoms with E-state index in [1.807, 2.05) is 6.07 Å². The third-order valence-corrected chi connectivity index (χ3v) is 2.57. The van der Waals surface area contributed by atoms with E-state index >= 15 is 0 Å². The van der Waals surface area contributed by atoms with E-state index in [1.54, 1.807) is 36.4 Å². The van der Waals surface area contributed by atoms with Crippen LogP contribution < -0.4 is 5.32 Å². The van der Waals surface area contributed by atoms with E-state index in [2.05, 4.69) is 10.3 Å². The number of carbonyl (C=O) groups excluding carboxylic acids is 2. The molecule has 0 aliphatic carbocycles. The van der Waals surface area contributed by atoms with Crippen molar-refractivity contribution in [2.45, 2.75) is 13.0 Å². The highest BCUT2D eigenvalue weighted by atomic mass is 16.5. The van der Waals surface area contributed by atoms with E-state index in [0.717, 1.165) is 0 Å². The number of para-hydroxylation sites is 1. The predicted octanol–water partition coefficient (Wildman–Crippen LogP) is 2.27. The first-order chi connectivity index (χ1) is 9.66. The van der Waals surface area contributed by atoms with Crippen molar-refractivity contribution >= 4 is 17.6 Å². The molecule has 5 heteroatoms. The molecule has 0 spiro atoms. The van der Waals surface area contributed by atoms with E-state index in [9.17, 15) is 9.59 Å². The highest BCUT2D eigenvalue weighted by molar-refractivity contribution is 5.96. The Bertz CT molecular complexity index is 585. The molecule has 0 aliphatic rings. The summed E-state index contributed by atoms with van der Waals surface area (Å²) in [6.45, 7) is 1.51. The molecule has 1 aromatic carbocycles. The normalized spacial score (nSPS) is 11.4. The SMILES string of the molecule is CC(OC(=O)c1ccccn1)C(=O)Nc1ccccc1. The minimum absolute atomic E-state index is 0.173. The van der Waals surface area contributed by atoms with E-state index in [1.165, 1.54) is 19.2 Å². The average molecular weight is 270 g/mol. The molecule has 102 valence electrons. The number of carbonyl (C=O) groups is 2. The molecule has 0 saturated heterocycles. The second kappa shape index (κ2) is 6.47. The smallest absolute Gasteiger partial charge is 0.357 e. The van der Waals surface area contributed by atoms with Crippen LogP contribution in [-0.4, -0.2) is 23.0 Å². The summed E-state index contributed by atoms with van der Waals surface area (Å²) in [6.07, 6.45) is 0.593. The Hall–Kier alpha value is -2.69. The lowest BCUT2D eigenvalue weighted by Crippen LogP contribution is -2.30. The molecule has 20 heavy (non-hydrogen) atoms. The number of nitrogens with zero attached hydrogens (tertiary/aromatic N) is 1. The van der Waals surface area contributed by atoms with Crippen LogP contribution >= 0.6 is 0 Å². The highest BCUT2D eigenvalue weighted by Crippen LogP contribution is 2.07. The Kier molecular flexibility index (Phi) is 4.44. The first-order valence-corrected chi connectivity index (χ1v) is 6.15. The van der Waals surface area contributed by atoms with Crippen molar-refractivity contribution in [3.63, 3.8) is 0 Å². The predicted molar refractivity (Wildman–Crippen MR) is 74.2 cm³/mol. The molecular formula is C15H14N2O3. The number of aromatic nitrogens is 1. The zero-order valence-electron chi connectivity index (χ0n) is 10.9. The largest absolute Gasteiger partial charge is 0.448 e. The van der Waals surface area contributed by atoms with Crippen molar-refractivity contribution in [1.82, 2.24) is 4.98 Å². The van der Waals surface area contributed by atoms with E-state index in [4.69, 9.17) is 4.74 Å². The summed E-state index contributed by atoms with van der Waals surface area (Å²) >= 11 is 0. The van der Waals surface area contributed by atoms with Gasteiger partial charge in [-0.3, -0.25) is 4.79 Å². The van der Waals surface area contributed by atoms with E-state index in [0.29, 0.717) is 5.69 Å². The van der Waals surface area contributed by atoms with E-state index < -0.39 is 12.1 Å². The Labute approximate surface area is 116 Å². The maximum absolute atomic E-state index is 11.9. The van der Waals surface area contributed by atoms with Crippen molar-refractivity contribution in [2.75, 3.05) is 5.32 Å². The van der Waals surface area contributed by atoms with Gasteiger partial charge >= 0.3 is 5.97 Å². The molecule has 5 nitrogen and oxygen atoms in total. The van der Waals surface area contributed by atoms with Crippen LogP contribution in [-0.2, 0) is 9.53 Å². The lowest BCUT2D eigenvalue weighted by molar-refractivity contribution is -0.123. The van der Waals surface area contributed by atoms with Gasteiger partial charge in [-0.05, 0) is 31.2 Å². The first kappa shape index (κ1) is 13.7. The summed E-state index contributed by atoms with van der Waals surface area (Å²) in [6, 6.07) is 13.9. The number of hydrogen-bond donors (Lipinski definition) is 1. The Balaban J connectivity index is 1.93. The molecule has 2 aromatic rings. The van der Waals surface area contributed by atoms with Crippen molar-refractivity contribution in [3.05, 3.63) is 60.4 Å². The van der Waals surface area contributed by atoms with Crippen LogP contribution in [0, 0.1) is 0 Å². The number of anilines is 1. The molecule has 1 amide bonds. The summed E-state index contributed by atoms with van der Waals surface area (Å²) < 4.78 is 5.06. The van der Waals surface area contributed by atoms with Crippen molar-refractivity contribution in [3.8, 4) is 0 Å². The molecule has 0 saturated carbocycles. The van der Waals surface area contributed by atoms with Gasteiger partial charge in [0, 0.05) is 11.9 Å². The van der Waals surface area contributed by atoms with Crippen molar-refractivity contribution in [2.24, 2.45) is 0 Å². The molecule has 1 heterocycles. The van der Waals surface area contributed by atoms with Gasteiger partial charge in [-0.25, -0.2) is 9.78 Å². The number of esters is 1. The monoisotopic (exact) mass is 270 g/mol. The van der Waals surface area contributed by atoms with Crippen LogP contribution in [0.5, 0.6) is 0 Å². The molecule has 1 atom stereocenters. The molecule has 0 radical (unpaired) electrons. The lowest BCUT2D eigenvalue weighted by Gasteiger charge is -2.13. The summed E-state index contributed by atoms with van der Waals surface area (Å²) in [5.41, 5.74) is 0.824. The van der Waals surface area contributed by atoms with Crippen LogP contribution in [0.1, 0.15) is 17.4 Å². The van der Waals surface area contributed by atoms with Gasteiger partial charge in [0.1, 0.15) is 5.69 Å². The maximum Gasteiger partial charge on any atom is 0.357 e. The number of pyridine rings is 1. The van der Waals surface area contributed by atoms with E-state index in [-0.39, 0.29) is 11.6 Å². The Morgan fingerprint density at radius 3 is 2.45 bits per heavy atom. The van der Waals surface area contributed by atoms with Crippen LogP contribution in [0.25, 0.3) is 0 Å². The minimum Gasteiger partial charge on any atom is -0.448 e. The summed E-state index contributed by atoms with van der Waals surface area (Å²) in [5.74, 6) is -1.01. The zero-order valence-corrected chi connectivity index (χ0v) is 10.9. The maximum atomic E-state index is 11.9. The van der Waals surface area contributed by atoms with Crippen LogP contribution in [0.4, 0.5) is 5.69 Å². The molecular weight excluding hydrogens is 256 g/mol. The van der Waals surface area contributed by atoms with Crippen LogP contribution in [0.15, 0.2) is 54.7 Å². The fourth-order valence-electron chi connectivity index (χ4n) is 1.52. The molecule has 0 aliphatic heterocycles. The average Bonchev–Trinajstić information content (AvgIpc) is 2.49. The first-order valence-electron chi connectivity index (χ1n) is 6.15. The third kappa shape index (κ3) is 3.65. The second-order valence-corrected chi connectivity index (χ2v) is 4.12. The van der Waals surface area contributed by atoms with Gasteiger partial charge in [0.2, 0.25) is 0 Å². The Morgan fingerprint density at radius 2 is 1.80 bits per heavy atom. The summed E-state index contributed by atoms with van der Waals surface area (Å²) in [4.78, 5) is 27.5. The van der Waals surface area contributed by atoms with Gasteiger partial charge in [-0.15, -0.1) is 0 Å². The highest BCUT2D eigenvalue weighted by Gasteiger charge is 2.19. The number of rotatable bonds is 4. The lowest BCUT2D eigenvalue weighted by atomic mass is 10.3. The van der Waals surface area contributed by atoms with Gasteiger partial charge in [0.15, 0.2) is 6.10 Å². The number of hydrogen-bond acceptors (Lipinski definition) is 4. The fraction of sp³-hybridized carbons (Fsp3) is 0.133. The number of nitrogens with one attached hydrogen (secondary N) is 1. The third-order valence-electron chi connectivity index (χ3n) is 2.57. The molecule has 0 bridgehead atoms. The standard InChI is InChI=1S/C15H14N2O3/c1-11(14(18)17-12-7-3-2-4-8-12)20-15(19)13-9-5-6-10-16-13/h2-11H,1H3,(H,17,18). The number of ether oxygens (including phenoxy) is 1. The van der Waals surface area contributed by atoms with Gasteiger partial charge in [0.25, 0.3) is 5.91 Å². The molecule has 1 unspecified atom stereocenters. The second-order valence-electron chi connectivity index (χ2n) is 4.12. The summed E-state index contributed by atoms with van der Waals surface area (Å²) in [7, 11) is 0. The fourth-order valence-corrected chi connectivity index (χ4v) is 1.52. The summed E-state index contributed by atoms with van der Waals surface area (Å²) in [5, 5.41) is 2.66. The number of amides is 1. The quantitative estimate of drug-likeness (QED) is 0.865. The van der Waals surface area contributed by atoms with Crippen molar-refractivity contribution < 1.29 is 14.3 Å².